The van der Waals surface area contributed by atoms with E-state index in [0.717, 1.165) is 0 Å². The molecular weight excluding hydrogens is 276 g/mol. The number of phenols is 1. The normalized spacial score (nSPS) is 11.9. The Morgan fingerprint density at radius 2 is 2.05 bits per heavy atom. The predicted octanol–water partition coefficient (Wildman–Crippen LogP) is 0.800. The maximum atomic E-state index is 11.8. The molecule has 0 saturated carbocycles. The standard InChI is InChI=1S/C14H20N2O5/c1-21-8-4-7-15-11(14(19)20)9-13(18)16-10-5-2-3-6-12(10)17/h2-3,5-6,11,15,17H,4,7-9H2,1H3,(H,16,18)(H,19,20). The largest absolute Gasteiger partial charge is 0.506 e. The van der Waals surface area contributed by atoms with Gasteiger partial charge in [0.2, 0.25) is 5.91 Å². The molecule has 0 radical (unpaired) electrons. The first kappa shape index (κ1) is 16.9. The van der Waals surface area contributed by atoms with Crippen LogP contribution in [0.1, 0.15) is 12.8 Å². The molecule has 4 N–H and O–H groups in total. The van der Waals surface area contributed by atoms with Crippen molar-refractivity contribution in [1.82, 2.24) is 5.32 Å². The molecule has 1 aromatic rings. The van der Waals surface area contributed by atoms with Gasteiger partial charge in [0.05, 0.1) is 12.1 Å². The van der Waals surface area contributed by atoms with E-state index in [1.54, 1.807) is 19.2 Å². The third-order valence-corrected chi connectivity index (χ3v) is 2.78. The Bertz CT molecular complexity index is 478. The summed E-state index contributed by atoms with van der Waals surface area (Å²) < 4.78 is 4.86. The minimum atomic E-state index is -1.10. The fraction of sp³-hybridized carbons (Fsp3) is 0.429. The topological polar surface area (TPSA) is 108 Å². The summed E-state index contributed by atoms with van der Waals surface area (Å²) in [7, 11) is 1.56. The van der Waals surface area contributed by atoms with E-state index in [9.17, 15) is 14.7 Å². The fourth-order valence-corrected chi connectivity index (χ4v) is 1.71. The number of hydrogen-bond donors (Lipinski definition) is 4. The highest BCUT2D eigenvalue weighted by atomic mass is 16.5. The molecule has 7 nitrogen and oxygen atoms in total. The molecule has 116 valence electrons. The highest BCUT2D eigenvalue weighted by Gasteiger charge is 2.20. The number of ether oxygens (including phenoxy) is 1. The summed E-state index contributed by atoms with van der Waals surface area (Å²) in [6, 6.07) is 5.28. The summed E-state index contributed by atoms with van der Waals surface area (Å²) in [5.41, 5.74) is 0.256. The number of rotatable bonds is 9. The molecule has 0 aromatic heterocycles. The van der Waals surface area contributed by atoms with E-state index in [4.69, 9.17) is 9.84 Å². The zero-order valence-electron chi connectivity index (χ0n) is 11.8. The molecule has 0 aliphatic carbocycles. The predicted molar refractivity (Wildman–Crippen MR) is 77.3 cm³/mol. The summed E-state index contributed by atoms with van der Waals surface area (Å²) in [6.45, 7) is 0.956. The van der Waals surface area contributed by atoms with E-state index in [1.165, 1.54) is 12.1 Å². The van der Waals surface area contributed by atoms with Gasteiger partial charge in [-0.25, -0.2) is 0 Å². The van der Waals surface area contributed by atoms with Crippen LogP contribution in [0.25, 0.3) is 0 Å². The Balaban J connectivity index is 2.49. The number of nitrogens with one attached hydrogen (secondary N) is 2. The van der Waals surface area contributed by atoms with Crippen molar-refractivity contribution < 1.29 is 24.5 Å². The lowest BCUT2D eigenvalue weighted by molar-refractivity contribution is -0.141. The lowest BCUT2D eigenvalue weighted by Crippen LogP contribution is -2.40. The monoisotopic (exact) mass is 296 g/mol. The summed E-state index contributed by atoms with van der Waals surface area (Å²) in [6.07, 6.45) is 0.429. The first-order valence-electron chi connectivity index (χ1n) is 6.57. The number of anilines is 1. The molecule has 21 heavy (non-hydrogen) atoms. The first-order chi connectivity index (χ1) is 10.0. The smallest absolute Gasteiger partial charge is 0.321 e. The van der Waals surface area contributed by atoms with Crippen molar-refractivity contribution in [3.8, 4) is 5.75 Å². The van der Waals surface area contributed by atoms with Gasteiger partial charge in [-0.15, -0.1) is 0 Å². The molecule has 1 atom stereocenters. The third-order valence-electron chi connectivity index (χ3n) is 2.78. The van der Waals surface area contributed by atoms with Crippen LogP contribution in [0.5, 0.6) is 5.75 Å². The highest BCUT2D eigenvalue weighted by molar-refractivity contribution is 5.95. The Morgan fingerprint density at radius 3 is 2.67 bits per heavy atom. The Hall–Kier alpha value is -2.12. The zero-order chi connectivity index (χ0) is 15.7. The molecule has 1 rings (SSSR count). The van der Waals surface area contributed by atoms with Gasteiger partial charge in [0.1, 0.15) is 11.8 Å². The van der Waals surface area contributed by atoms with Crippen LogP contribution in [-0.4, -0.2) is 48.4 Å². The maximum absolute atomic E-state index is 11.8. The van der Waals surface area contributed by atoms with Crippen molar-refractivity contribution in [3.05, 3.63) is 24.3 Å². The Morgan fingerprint density at radius 1 is 1.33 bits per heavy atom. The van der Waals surface area contributed by atoms with Crippen LogP contribution in [0, 0.1) is 0 Å². The molecular formula is C14H20N2O5. The number of para-hydroxylation sites is 2. The number of hydrogen-bond acceptors (Lipinski definition) is 5. The average molecular weight is 296 g/mol. The average Bonchev–Trinajstić information content (AvgIpc) is 2.44. The van der Waals surface area contributed by atoms with Crippen LogP contribution in [0.2, 0.25) is 0 Å². The molecule has 0 saturated heterocycles. The lowest BCUT2D eigenvalue weighted by atomic mass is 10.2. The number of aromatic hydroxyl groups is 1. The number of carboxylic acids is 1. The Labute approximate surface area is 122 Å². The van der Waals surface area contributed by atoms with E-state index in [1.807, 2.05) is 0 Å². The van der Waals surface area contributed by atoms with Crippen molar-refractivity contribution in [2.75, 3.05) is 25.6 Å². The number of phenolic OH excluding ortho intramolecular Hbond substituents is 1. The molecule has 1 aromatic carbocycles. The quantitative estimate of drug-likeness (QED) is 0.396. The second-order valence-corrected chi connectivity index (χ2v) is 4.46. The second-order valence-electron chi connectivity index (χ2n) is 4.46. The van der Waals surface area contributed by atoms with Crippen LogP contribution in [0.15, 0.2) is 24.3 Å². The van der Waals surface area contributed by atoms with Crippen molar-refractivity contribution in [2.45, 2.75) is 18.9 Å². The number of carbonyl (C=O) groups excluding carboxylic acids is 1. The number of carboxylic acid groups (broad SMARTS) is 1. The molecule has 0 heterocycles. The number of amides is 1. The summed E-state index contributed by atoms with van der Waals surface area (Å²) >= 11 is 0. The van der Waals surface area contributed by atoms with Crippen molar-refractivity contribution in [1.29, 1.82) is 0 Å². The third kappa shape index (κ3) is 6.24. The Kier molecular flexibility index (Phi) is 7.20. The number of methoxy groups -OCH3 is 1. The lowest BCUT2D eigenvalue weighted by Gasteiger charge is -2.14. The SMILES string of the molecule is COCCCNC(CC(=O)Nc1ccccc1O)C(=O)O. The number of benzene rings is 1. The van der Waals surface area contributed by atoms with Gasteiger partial charge in [0, 0.05) is 13.7 Å². The minimum absolute atomic E-state index is 0.0641. The minimum Gasteiger partial charge on any atom is -0.506 e. The van der Waals surface area contributed by atoms with Gasteiger partial charge in [-0.3, -0.25) is 9.59 Å². The van der Waals surface area contributed by atoms with Gasteiger partial charge < -0.3 is 25.6 Å². The summed E-state index contributed by atoms with van der Waals surface area (Å²) in [4.78, 5) is 22.9. The molecule has 7 heteroatoms. The molecule has 0 fully saturated rings. The van der Waals surface area contributed by atoms with Crippen LogP contribution in [0.4, 0.5) is 5.69 Å². The summed E-state index contributed by atoms with van der Waals surface area (Å²) in [5, 5.41) is 23.9. The van der Waals surface area contributed by atoms with Gasteiger partial charge >= 0.3 is 5.97 Å². The van der Waals surface area contributed by atoms with Gasteiger partial charge in [0.15, 0.2) is 0 Å². The molecule has 1 unspecified atom stereocenters. The molecule has 0 aliphatic heterocycles. The van der Waals surface area contributed by atoms with Crippen LogP contribution < -0.4 is 10.6 Å². The van der Waals surface area contributed by atoms with Gasteiger partial charge in [0.25, 0.3) is 0 Å². The summed E-state index contributed by atoms with van der Waals surface area (Å²) in [5.74, 6) is -1.64. The van der Waals surface area contributed by atoms with Gasteiger partial charge in [-0.2, -0.15) is 0 Å². The van der Waals surface area contributed by atoms with Crippen molar-refractivity contribution in [2.24, 2.45) is 0 Å². The number of carbonyl (C=O) groups is 2. The van der Waals surface area contributed by atoms with Crippen LogP contribution in [-0.2, 0) is 14.3 Å². The van der Waals surface area contributed by atoms with Crippen molar-refractivity contribution >= 4 is 17.6 Å². The zero-order valence-corrected chi connectivity index (χ0v) is 11.8. The highest BCUT2D eigenvalue weighted by Crippen LogP contribution is 2.21. The van der Waals surface area contributed by atoms with Gasteiger partial charge in [-0.1, -0.05) is 12.1 Å². The van der Waals surface area contributed by atoms with E-state index in [0.29, 0.717) is 19.6 Å². The molecule has 0 spiro atoms. The van der Waals surface area contributed by atoms with E-state index < -0.39 is 17.9 Å². The van der Waals surface area contributed by atoms with E-state index >= 15 is 0 Å². The van der Waals surface area contributed by atoms with E-state index in [-0.39, 0.29) is 17.9 Å². The molecule has 0 bridgehead atoms. The molecule has 1 amide bonds. The fourth-order valence-electron chi connectivity index (χ4n) is 1.71. The van der Waals surface area contributed by atoms with E-state index in [2.05, 4.69) is 10.6 Å². The molecule has 0 aliphatic rings. The van der Waals surface area contributed by atoms with Crippen LogP contribution >= 0.6 is 0 Å². The number of aliphatic carboxylic acids is 1. The first-order valence-corrected chi connectivity index (χ1v) is 6.57. The van der Waals surface area contributed by atoms with Crippen LogP contribution in [0.3, 0.4) is 0 Å². The maximum Gasteiger partial charge on any atom is 0.321 e. The second kappa shape index (κ2) is 8.93. The van der Waals surface area contributed by atoms with Crippen molar-refractivity contribution in [3.63, 3.8) is 0 Å². The van der Waals surface area contributed by atoms with Gasteiger partial charge in [-0.05, 0) is 25.1 Å².